The molecule has 0 amide bonds. The van der Waals surface area contributed by atoms with Gasteiger partial charge in [0.2, 0.25) is 0 Å². The van der Waals surface area contributed by atoms with E-state index in [9.17, 15) is 0 Å². The Morgan fingerprint density at radius 3 is 2.44 bits per heavy atom. The average Bonchev–Trinajstić information content (AvgIpc) is 2.39. The fourth-order valence-electron chi connectivity index (χ4n) is 2.03. The summed E-state index contributed by atoms with van der Waals surface area (Å²) in [7, 11) is 0. The summed E-state index contributed by atoms with van der Waals surface area (Å²) in [6, 6.07) is 18.6. The molecule has 1 aliphatic heterocycles. The SMILES string of the molecule is C1=C(c2ccccc2)c2ccccc2OC1. The summed E-state index contributed by atoms with van der Waals surface area (Å²) in [4.78, 5) is 0. The second-order valence-electron chi connectivity index (χ2n) is 3.79. The Morgan fingerprint density at radius 1 is 0.812 bits per heavy atom. The van der Waals surface area contributed by atoms with Gasteiger partial charge in [0.1, 0.15) is 12.4 Å². The molecule has 2 aromatic rings. The highest BCUT2D eigenvalue weighted by molar-refractivity contribution is 5.83. The van der Waals surface area contributed by atoms with Gasteiger partial charge in [0, 0.05) is 5.56 Å². The van der Waals surface area contributed by atoms with Crippen LogP contribution in [0.2, 0.25) is 0 Å². The van der Waals surface area contributed by atoms with E-state index in [0.717, 1.165) is 5.75 Å². The van der Waals surface area contributed by atoms with Gasteiger partial charge in [0.25, 0.3) is 0 Å². The first-order valence-electron chi connectivity index (χ1n) is 5.43. The van der Waals surface area contributed by atoms with Gasteiger partial charge in [-0.3, -0.25) is 0 Å². The molecule has 0 saturated heterocycles. The van der Waals surface area contributed by atoms with Crippen molar-refractivity contribution in [2.45, 2.75) is 0 Å². The third-order valence-electron chi connectivity index (χ3n) is 2.79. The minimum absolute atomic E-state index is 0.654. The Balaban J connectivity index is 2.13. The molecular formula is C15H12O. The van der Waals surface area contributed by atoms with Crippen LogP contribution in [0.1, 0.15) is 11.1 Å². The molecule has 0 radical (unpaired) electrons. The van der Waals surface area contributed by atoms with Crippen molar-refractivity contribution >= 4 is 5.57 Å². The van der Waals surface area contributed by atoms with Crippen molar-refractivity contribution in [2.24, 2.45) is 0 Å². The van der Waals surface area contributed by atoms with Crippen LogP contribution in [0, 0.1) is 0 Å². The topological polar surface area (TPSA) is 9.23 Å². The zero-order valence-electron chi connectivity index (χ0n) is 8.89. The number of para-hydroxylation sites is 1. The van der Waals surface area contributed by atoms with Crippen LogP contribution >= 0.6 is 0 Å². The van der Waals surface area contributed by atoms with Crippen LogP contribution < -0.4 is 4.74 Å². The highest BCUT2D eigenvalue weighted by atomic mass is 16.5. The number of benzene rings is 2. The van der Waals surface area contributed by atoms with E-state index in [4.69, 9.17) is 4.74 Å². The van der Waals surface area contributed by atoms with E-state index in [1.54, 1.807) is 0 Å². The predicted octanol–water partition coefficient (Wildman–Crippen LogP) is 3.51. The van der Waals surface area contributed by atoms with Gasteiger partial charge in [0.05, 0.1) is 0 Å². The Labute approximate surface area is 95.0 Å². The summed E-state index contributed by atoms with van der Waals surface area (Å²) >= 11 is 0. The van der Waals surface area contributed by atoms with Crippen LogP contribution in [0.5, 0.6) is 5.75 Å². The average molecular weight is 208 g/mol. The third kappa shape index (κ3) is 1.50. The maximum Gasteiger partial charge on any atom is 0.127 e. The largest absolute Gasteiger partial charge is 0.489 e. The molecule has 0 N–H and O–H groups in total. The molecule has 16 heavy (non-hydrogen) atoms. The Bertz CT molecular complexity index is 526. The molecule has 2 aromatic carbocycles. The molecule has 78 valence electrons. The number of hydrogen-bond donors (Lipinski definition) is 0. The lowest BCUT2D eigenvalue weighted by atomic mass is 9.96. The molecule has 0 fully saturated rings. The van der Waals surface area contributed by atoms with Gasteiger partial charge in [0.15, 0.2) is 0 Å². The summed E-state index contributed by atoms with van der Waals surface area (Å²) in [5.41, 5.74) is 3.70. The van der Waals surface area contributed by atoms with Gasteiger partial charge in [-0.15, -0.1) is 0 Å². The maximum atomic E-state index is 5.60. The Morgan fingerprint density at radius 2 is 1.56 bits per heavy atom. The number of ether oxygens (including phenoxy) is 1. The van der Waals surface area contributed by atoms with Gasteiger partial charge in [-0.1, -0.05) is 48.5 Å². The molecule has 0 aliphatic carbocycles. The first kappa shape index (κ1) is 9.22. The minimum atomic E-state index is 0.654. The molecule has 1 heteroatoms. The van der Waals surface area contributed by atoms with Crippen LogP contribution in [0.25, 0.3) is 5.57 Å². The van der Waals surface area contributed by atoms with E-state index in [1.807, 2.05) is 24.3 Å². The van der Waals surface area contributed by atoms with E-state index in [0.29, 0.717) is 6.61 Å². The van der Waals surface area contributed by atoms with Crippen LogP contribution in [-0.4, -0.2) is 6.61 Å². The van der Waals surface area contributed by atoms with Crippen molar-refractivity contribution in [1.29, 1.82) is 0 Å². The zero-order valence-corrected chi connectivity index (χ0v) is 8.89. The molecule has 1 heterocycles. The monoisotopic (exact) mass is 208 g/mol. The van der Waals surface area contributed by atoms with Crippen molar-refractivity contribution in [3.8, 4) is 5.75 Å². The number of rotatable bonds is 1. The Hall–Kier alpha value is -2.02. The van der Waals surface area contributed by atoms with E-state index in [2.05, 4.69) is 36.4 Å². The highest BCUT2D eigenvalue weighted by Gasteiger charge is 2.13. The molecule has 0 atom stereocenters. The van der Waals surface area contributed by atoms with Crippen LogP contribution in [-0.2, 0) is 0 Å². The summed E-state index contributed by atoms with van der Waals surface area (Å²) in [5.74, 6) is 0.976. The van der Waals surface area contributed by atoms with Crippen molar-refractivity contribution in [3.05, 3.63) is 71.8 Å². The summed E-state index contributed by atoms with van der Waals surface area (Å²) in [6.45, 7) is 0.654. The fourth-order valence-corrected chi connectivity index (χ4v) is 2.03. The number of fused-ring (bicyclic) bond motifs is 1. The number of hydrogen-bond acceptors (Lipinski definition) is 1. The molecule has 0 bridgehead atoms. The molecule has 1 aliphatic rings. The summed E-state index contributed by atoms with van der Waals surface area (Å²) in [5, 5.41) is 0. The van der Waals surface area contributed by atoms with Gasteiger partial charge in [-0.25, -0.2) is 0 Å². The second kappa shape index (κ2) is 3.86. The highest BCUT2D eigenvalue weighted by Crippen LogP contribution is 2.33. The third-order valence-corrected chi connectivity index (χ3v) is 2.79. The van der Waals surface area contributed by atoms with Crippen molar-refractivity contribution in [2.75, 3.05) is 6.61 Å². The minimum Gasteiger partial charge on any atom is -0.489 e. The first-order chi connectivity index (χ1) is 7.95. The van der Waals surface area contributed by atoms with Crippen LogP contribution in [0.3, 0.4) is 0 Å². The van der Waals surface area contributed by atoms with Crippen molar-refractivity contribution < 1.29 is 4.74 Å². The van der Waals surface area contributed by atoms with Gasteiger partial charge < -0.3 is 4.74 Å². The fraction of sp³-hybridized carbons (Fsp3) is 0.0667. The zero-order chi connectivity index (χ0) is 10.8. The standard InChI is InChI=1S/C15H12O/c1-2-6-12(7-3-1)13-10-11-16-15-9-5-4-8-14(13)15/h1-10H,11H2. The second-order valence-corrected chi connectivity index (χ2v) is 3.79. The quantitative estimate of drug-likeness (QED) is 0.696. The molecule has 3 rings (SSSR count). The van der Waals surface area contributed by atoms with E-state index < -0.39 is 0 Å². The normalized spacial score (nSPS) is 13.6. The van der Waals surface area contributed by atoms with Crippen molar-refractivity contribution in [1.82, 2.24) is 0 Å². The lowest BCUT2D eigenvalue weighted by molar-refractivity contribution is 0.357. The lowest BCUT2D eigenvalue weighted by Crippen LogP contribution is -2.04. The van der Waals surface area contributed by atoms with E-state index >= 15 is 0 Å². The molecule has 0 spiro atoms. The lowest BCUT2D eigenvalue weighted by Gasteiger charge is -2.18. The smallest absolute Gasteiger partial charge is 0.127 e. The predicted molar refractivity (Wildman–Crippen MR) is 65.5 cm³/mol. The van der Waals surface area contributed by atoms with E-state index in [-0.39, 0.29) is 0 Å². The Kier molecular flexibility index (Phi) is 2.22. The molecule has 0 aromatic heterocycles. The molecular weight excluding hydrogens is 196 g/mol. The first-order valence-corrected chi connectivity index (χ1v) is 5.43. The van der Waals surface area contributed by atoms with Gasteiger partial charge in [-0.2, -0.15) is 0 Å². The summed E-state index contributed by atoms with van der Waals surface area (Å²) < 4.78 is 5.60. The summed E-state index contributed by atoms with van der Waals surface area (Å²) in [6.07, 6.45) is 2.14. The van der Waals surface area contributed by atoms with Gasteiger partial charge >= 0.3 is 0 Å². The maximum absolute atomic E-state index is 5.60. The molecule has 0 saturated carbocycles. The van der Waals surface area contributed by atoms with E-state index in [1.165, 1.54) is 16.7 Å². The van der Waals surface area contributed by atoms with Crippen LogP contribution in [0.15, 0.2) is 60.7 Å². The molecule has 0 unspecified atom stereocenters. The molecule has 1 nitrogen and oxygen atoms in total. The van der Waals surface area contributed by atoms with Gasteiger partial charge in [-0.05, 0) is 23.3 Å². The van der Waals surface area contributed by atoms with Crippen molar-refractivity contribution in [3.63, 3.8) is 0 Å². The van der Waals surface area contributed by atoms with Crippen LogP contribution in [0.4, 0.5) is 0 Å².